The number of nitrogens with two attached hydrogens (primary N) is 1. The van der Waals surface area contributed by atoms with Gasteiger partial charge in [-0.2, -0.15) is 0 Å². The maximum absolute atomic E-state index is 10.6. The molecule has 0 saturated heterocycles. The first kappa shape index (κ1) is 15.3. The van der Waals surface area contributed by atoms with Gasteiger partial charge in [-0.1, -0.05) is 12.1 Å². The molecule has 0 bridgehead atoms. The summed E-state index contributed by atoms with van der Waals surface area (Å²) in [6.45, 7) is 0.311. The van der Waals surface area contributed by atoms with Crippen LogP contribution in [0.5, 0.6) is 0 Å². The number of amides is 1. The van der Waals surface area contributed by atoms with Crippen LogP contribution in [0.4, 0.5) is 10.5 Å². The predicted molar refractivity (Wildman–Crippen MR) is 89.2 cm³/mol. The molecular weight excluding hydrogens is 290 g/mol. The fourth-order valence-electron chi connectivity index (χ4n) is 3.03. The zero-order chi connectivity index (χ0) is 16.1. The van der Waals surface area contributed by atoms with Crippen molar-refractivity contribution in [2.75, 3.05) is 11.9 Å². The topological polar surface area (TPSA) is 77.2 Å². The molecule has 0 fully saturated rings. The fourth-order valence-corrected chi connectivity index (χ4v) is 3.03. The van der Waals surface area contributed by atoms with Crippen molar-refractivity contribution in [3.8, 4) is 0 Å². The summed E-state index contributed by atoms with van der Waals surface area (Å²) in [5.41, 5.74) is 9.86. The molecule has 1 heterocycles. The van der Waals surface area contributed by atoms with Crippen LogP contribution < -0.4 is 11.1 Å². The number of rotatable bonds is 5. The Morgan fingerprint density at radius 3 is 2.91 bits per heavy atom. The summed E-state index contributed by atoms with van der Waals surface area (Å²) in [5.74, 6) is 0. The molecule has 5 heteroatoms. The number of nitrogens with zero attached hydrogens (tertiary/aromatic N) is 1. The Kier molecular flexibility index (Phi) is 4.76. The van der Waals surface area contributed by atoms with E-state index in [0.717, 1.165) is 24.1 Å². The monoisotopic (exact) mass is 311 g/mol. The van der Waals surface area contributed by atoms with Crippen LogP contribution in [-0.4, -0.2) is 17.7 Å². The van der Waals surface area contributed by atoms with Crippen molar-refractivity contribution in [1.82, 2.24) is 4.98 Å². The highest BCUT2D eigenvalue weighted by Crippen LogP contribution is 2.31. The molecule has 0 spiro atoms. The van der Waals surface area contributed by atoms with Gasteiger partial charge in [0, 0.05) is 24.5 Å². The minimum Gasteiger partial charge on any atom is -0.449 e. The van der Waals surface area contributed by atoms with Crippen molar-refractivity contribution in [2.24, 2.45) is 5.73 Å². The van der Waals surface area contributed by atoms with E-state index in [1.165, 1.54) is 17.5 Å². The van der Waals surface area contributed by atoms with Crippen molar-refractivity contribution in [2.45, 2.75) is 31.7 Å². The highest BCUT2D eigenvalue weighted by molar-refractivity contribution is 5.64. The lowest BCUT2D eigenvalue weighted by molar-refractivity contribution is 0.158. The number of aromatic nitrogens is 1. The number of anilines is 1. The number of hydrogen-bond donors (Lipinski definition) is 2. The molecule has 3 rings (SSSR count). The largest absolute Gasteiger partial charge is 0.449 e. The lowest BCUT2D eigenvalue weighted by Gasteiger charge is -2.27. The van der Waals surface area contributed by atoms with E-state index in [4.69, 9.17) is 10.5 Å². The predicted octanol–water partition coefficient (Wildman–Crippen LogP) is 3.21. The third-order valence-electron chi connectivity index (χ3n) is 4.19. The maximum atomic E-state index is 10.6. The van der Waals surface area contributed by atoms with E-state index >= 15 is 0 Å². The van der Waals surface area contributed by atoms with Crippen LogP contribution in [0, 0.1) is 0 Å². The molecule has 23 heavy (non-hydrogen) atoms. The number of carbonyl (C=O) groups is 1. The summed E-state index contributed by atoms with van der Waals surface area (Å²) in [6, 6.07) is 10.7. The van der Waals surface area contributed by atoms with Crippen molar-refractivity contribution >= 4 is 11.8 Å². The van der Waals surface area contributed by atoms with Gasteiger partial charge < -0.3 is 15.8 Å². The Bertz CT molecular complexity index is 670. The lowest BCUT2D eigenvalue weighted by atomic mass is 9.89. The first-order valence-electron chi connectivity index (χ1n) is 7.93. The van der Waals surface area contributed by atoms with Gasteiger partial charge in [0.15, 0.2) is 0 Å². The van der Waals surface area contributed by atoms with E-state index in [1.807, 2.05) is 24.5 Å². The van der Waals surface area contributed by atoms with Crippen LogP contribution in [0.15, 0.2) is 42.7 Å². The summed E-state index contributed by atoms with van der Waals surface area (Å²) >= 11 is 0. The van der Waals surface area contributed by atoms with Crippen LogP contribution in [0.2, 0.25) is 0 Å². The molecule has 0 saturated carbocycles. The minimum absolute atomic E-state index is 0.311. The number of benzene rings is 1. The first-order chi connectivity index (χ1) is 11.2. The van der Waals surface area contributed by atoms with Gasteiger partial charge in [0.25, 0.3) is 0 Å². The maximum Gasteiger partial charge on any atom is 0.404 e. The normalized spacial score (nSPS) is 16.4. The first-order valence-corrected chi connectivity index (χ1v) is 7.93. The van der Waals surface area contributed by atoms with Gasteiger partial charge in [0.05, 0.1) is 12.6 Å². The zero-order valence-electron chi connectivity index (χ0n) is 13.0. The van der Waals surface area contributed by atoms with Crippen molar-refractivity contribution in [1.29, 1.82) is 0 Å². The lowest BCUT2D eigenvalue weighted by Crippen LogP contribution is -2.17. The number of fused-ring (bicyclic) bond motifs is 1. The van der Waals surface area contributed by atoms with Gasteiger partial charge in [0.2, 0.25) is 0 Å². The van der Waals surface area contributed by atoms with Crippen molar-refractivity contribution in [3.63, 3.8) is 0 Å². The number of pyridine rings is 1. The van der Waals surface area contributed by atoms with Crippen LogP contribution in [0.25, 0.3) is 0 Å². The summed E-state index contributed by atoms with van der Waals surface area (Å²) < 4.78 is 4.75. The SMILES string of the molecule is NC(=O)OCCc1ccc(NC2CCCc3cnccc32)cc1. The second-order valence-corrected chi connectivity index (χ2v) is 5.78. The standard InChI is InChI=1S/C18H21N3O2/c19-18(22)23-11-9-13-4-6-15(7-5-13)21-17-3-1-2-14-12-20-10-8-16(14)17/h4-8,10,12,17,21H,1-3,9,11H2,(H2,19,22). The molecule has 5 nitrogen and oxygen atoms in total. The van der Waals surface area contributed by atoms with Crippen molar-refractivity contribution < 1.29 is 9.53 Å². The van der Waals surface area contributed by atoms with Gasteiger partial charge >= 0.3 is 6.09 Å². The third-order valence-corrected chi connectivity index (χ3v) is 4.19. The number of carbonyl (C=O) groups excluding carboxylic acids is 1. The molecule has 1 aromatic heterocycles. The Hall–Kier alpha value is -2.56. The van der Waals surface area contributed by atoms with Crippen molar-refractivity contribution in [3.05, 3.63) is 59.4 Å². The number of nitrogens with one attached hydrogen (secondary N) is 1. The summed E-state index contributed by atoms with van der Waals surface area (Å²) in [7, 11) is 0. The van der Waals surface area contributed by atoms with Crippen LogP contribution >= 0.6 is 0 Å². The second-order valence-electron chi connectivity index (χ2n) is 5.78. The number of hydrogen-bond acceptors (Lipinski definition) is 4. The molecule has 1 aromatic carbocycles. The molecule has 0 aliphatic heterocycles. The molecule has 120 valence electrons. The quantitative estimate of drug-likeness (QED) is 0.889. The van der Waals surface area contributed by atoms with Crippen LogP contribution in [0.1, 0.15) is 35.6 Å². The molecule has 1 aliphatic rings. The summed E-state index contributed by atoms with van der Waals surface area (Å²) in [5, 5.41) is 3.61. The van der Waals surface area contributed by atoms with Gasteiger partial charge in [-0.15, -0.1) is 0 Å². The van der Waals surface area contributed by atoms with E-state index in [0.29, 0.717) is 19.1 Å². The second kappa shape index (κ2) is 7.13. The summed E-state index contributed by atoms with van der Waals surface area (Å²) in [6.07, 6.45) is 7.20. The summed E-state index contributed by atoms with van der Waals surface area (Å²) in [4.78, 5) is 14.8. The molecule has 1 unspecified atom stereocenters. The molecule has 1 aliphatic carbocycles. The van der Waals surface area contributed by atoms with E-state index < -0.39 is 6.09 Å². The van der Waals surface area contributed by atoms with E-state index in [-0.39, 0.29) is 0 Å². The van der Waals surface area contributed by atoms with Crippen LogP contribution in [-0.2, 0) is 17.6 Å². The molecular formula is C18H21N3O2. The van der Waals surface area contributed by atoms with Gasteiger partial charge in [-0.25, -0.2) is 4.79 Å². The third kappa shape index (κ3) is 4.00. The molecule has 1 atom stereocenters. The zero-order valence-corrected chi connectivity index (χ0v) is 13.0. The highest BCUT2D eigenvalue weighted by Gasteiger charge is 2.19. The van der Waals surface area contributed by atoms with E-state index in [1.54, 1.807) is 0 Å². The van der Waals surface area contributed by atoms with E-state index in [2.05, 4.69) is 28.5 Å². The van der Waals surface area contributed by atoms with Gasteiger partial charge in [0.1, 0.15) is 0 Å². The average Bonchev–Trinajstić information content (AvgIpc) is 2.56. The minimum atomic E-state index is -0.728. The average molecular weight is 311 g/mol. The molecule has 0 radical (unpaired) electrons. The number of aryl methyl sites for hydroxylation is 1. The van der Waals surface area contributed by atoms with E-state index in [9.17, 15) is 4.79 Å². The smallest absolute Gasteiger partial charge is 0.404 e. The Morgan fingerprint density at radius 1 is 1.30 bits per heavy atom. The number of primary amides is 1. The Morgan fingerprint density at radius 2 is 2.13 bits per heavy atom. The molecule has 1 amide bonds. The van der Waals surface area contributed by atoms with Gasteiger partial charge in [-0.05, 0) is 54.2 Å². The molecule has 3 N–H and O–H groups in total. The Labute approximate surface area is 135 Å². The van der Waals surface area contributed by atoms with Crippen LogP contribution in [0.3, 0.4) is 0 Å². The fraction of sp³-hybridized carbons (Fsp3) is 0.333. The Balaban J connectivity index is 1.62. The highest BCUT2D eigenvalue weighted by atomic mass is 16.5. The van der Waals surface area contributed by atoms with Gasteiger partial charge in [-0.3, -0.25) is 4.98 Å². The molecule has 2 aromatic rings. The number of ether oxygens (including phenoxy) is 1.